The van der Waals surface area contributed by atoms with E-state index in [4.69, 9.17) is 9.84 Å². The fourth-order valence-corrected chi connectivity index (χ4v) is 1.70. The Morgan fingerprint density at radius 3 is 2.72 bits per heavy atom. The summed E-state index contributed by atoms with van der Waals surface area (Å²) in [7, 11) is 0. The number of nitrogens with one attached hydrogen (secondary N) is 2. The first-order valence-electron chi connectivity index (χ1n) is 5.93. The number of carbonyl (C=O) groups excluding carboxylic acids is 1. The van der Waals surface area contributed by atoms with Crippen LogP contribution in [0.15, 0.2) is 0 Å². The average Bonchev–Trinajstić information content (AvgIpc) is 2.74. The highest BCUT2D eigenvalue weighted by Gasteiger charge is 2.25. The average molecular weight is 260 g/mol. The van der Waals surface area contributed by atoms with Gasteiger partial charge in [-0.05, 0) is 13.3 Å². The van der Waals surface area contributed by atoms with E-state index in [1.54, 1.807) is 0 Å². The standard InChI is InChI=1S/C11H20N2O5/c1-11(17,4-9(14)15)7-13-10(16)12-5-8-2-3-18-6-8/h8,17H,2-7H2,1H3,(H,14,15)(H2,12,13,16). The highest BCUT2D eigenvalue weighted by atomic mass is 16.5. The summed E-state index contributed by atoms with van der Waals surface area (Å²) < 4.78 is 5.17. The first kappa shape index (κ1) is 14.7. The molecule has 1 aliphatic heterocycles. The van der Waals surface area contributed by atoms with Gasteiger partial charge in [-0.2, -0.15) is 0 Å². The van der Waals surface area contributed by atoms with Crippen LogP contribution in [0, 0.1) is 5.92 Å². The smallest absolute Gasteiger partial charge is 0.314 e. The fourth-order valence-electron chi connectivity index (χ4n) is 1.70. The summed E-state index contributed by atoms with van der Waals surface area (Å²) in [5.41, 5.74) is -1.44. The van der Waals surface area contributed by atoms with Crippen molar-refractivity contribution in [3.8, 4) is 0 Å². The molecule has 0 aromatic carbocycles. The van der Waals surface area contributed by atoms with Crippen molar-refractivity contribution in [2.24, 2.45) is 5.92 Å². The highest BCUT2D eigenvalue weighted by molar-refractivity contribution is 5.74. The van der Waals surface area contributed by atoms with E-state index in [0.29, 0.717) is 19.1 Å². The number of ether oxygens (including phenoxy) is 1. The maximum Gasteiger partial charge on any atom is 0.314 e. The molecule has 0 radical (unpaired) electrons. The minimum absolute atomic E-state index is 0.105. The molecule has 4 N–H and O–H groups in total. The fraction of sp³-hybridized carbons (Fsp3) is 0.818. The topological polar surface area (TPSA) is 108 Å². The van der Waals surface area contributed by atoms with Gasteiger partial charge in [-0.3, -0.25) is 4.79 Å². The number of hydrogen-bond acceptors (Lipinski definition) is 4. The molecule has 104 valence electrons. The van der Waals surface area contributed by atoms with Crippen molar-refractivity contribution in [3.63, 3.8) is 0 Å². The molecular weight excluding hydrogens is 240 g/mol. The maximum absolute atomic E-state index is 11.4. The number of urea groups is 1. The number of carbonyl (C=O) groups is 2. The summed E-state index contributed by atoms with van der Waals surface area (Å²) in [6.07, 6.45) is 0.515. The predicted molar refractivity (Wildman–Crippen MR) is 63.2 cm³/mol. The Morgan fingerprint density at radius 2 is 2.17 bits per heavy atom. The van der Waals surface area contributed by atoms with Crippen molar-refractivity contribution in [1.29, 1.82) is 0 Å². The normalized spacial score (nSPS) is 22.2. The molecule has 7 nitrogen and oxygen atoms in total. The molecule has 2 unspecified atom stereocenters. The Kier molecular flexibility index (Phi) is 5.36. The second kappa shape index (κ2) is 6.55. The SMILES string of the molecule is CC(O)(CNC(=O)NCC1CCOC1)CC(=O)O. The van der Waals surface area contributed by atoms with Crippen molar-refractivity contribution in [3.05, 3.63) is 0 Å². The van der Waals surface area contributed by atoms with Crippen LogP contribution in [0.2, 0.25) is 0 Å². The second-order valence-corrected chi connectivity index (χ2v) is 4.86. The Labute approximate surface area is 106 Å². The van der Waals surface area contributed by atoms with Crippen molar-refractivity contribution in [2.45, 2.75) is 25.4 Å². The van der Waals surface area contributed by atoms with Crippen LogP contribution in [0.25, 0.3) is 0 Å². The zero-order valence-electron chi connectivity index (χ0n) is 10.4. The summed E-state index contributed by atoms with van der Waals surface area (Å²) in [6, 6.07) is -0.410. The van der Waals surface area contributed by atoms with Crippen LogP contribution in [-0.2, 0) is 9.53 Å². The quantitative estimate of drug-likeness (QED) is 0.517. The van der Waals surface area contributed by atoms with E-state index in [9.17, 15) is 14.7 Å². The van der Waals surface area contributed by atoms with Crippen LogP contribution < -0.4 is 10.6 Å². The maximum atomic E-state index is 11.4. The lowest BCUT2D eigenvalue weighted by Crippen LogP contribution is -2.46. The molecule has 7 heteroatoms. The number of aliphatic hydroxyl groups is 1. The zero-order valence-corrected chi connectivity index (χ0v) is 10.4. The van der Waals surface area contributed by atoms with E-state index in [1.807, 2.05) is 0 Å². The number of carboxylic acid groups (broad SMARTS) is 1. The van der Waals surface area contributed by atoms with E-state index in [-0.39, 0.29) is 6.54 Å². The Bertz CT molecular complexity index is 300. The zero-order chi connectivity index (χ0) is 13.6. The van der Waals surface area contributed by atoms with Crippen LogP contribution in [0.1, 0.15) is 19.8 Å². The van der Waals surface area contributed by atoms with Crippen molar-refractivity contribution in [2.75, 3.05) is 26.3 Å². The summed E-state index contributed by atoms with van der Waals surface area (Å²) >= 11 is 0. The van der Waals surface area contributed by atoms with Gasteiger partial charge in [-0.15, -0.1) is 0 Å². The van der Waals surface area contributed by atoms with Crippen molar-refractivity contribution in [1.82, 2.24) is 10.6 Å². The monoisotopic (exact) mass is 260 g/mol. The van der Waals surface area contributed by atoms with E-state index in [1.165, 1.54) is 6.92 Å². The second-order valence-electron chi connectivity index (χ2n) is 4.86. The molecule has 18 heavy (non-hydrogen) atoms. The molecule has 1 heterocycles. The summed E-state index contributed by atoms with van der Waals surface area (Å²) in [5, 5.41) is 23.3. The third-order valence-corrected chi connectivity index (χ3v) is 2.74. The lowest BCUT2D eigenvalue weighted by atomic mass is 10.0. The minimum atomic E-state index is -1.44. The van der Waals surface area contributed by atoms with Gasteiger partial charge in [0.25, 0.3) is 0 Å². The Balaban J connectivity index is 2.17. The summed E-state index contributed by atoms with van der Waals surface area (Å²) in [5.74, 6) is -0.777. The molecule has 0 aromatic heterocycles. The summed E-state index contributed by atoms with van der Waals surface area (Å²) in [4.78, 5) is 21.9. The highest BCUT2D eigenvalue weighted by Crippen LogP contribution is 2.10. The molecule has 2 atom stereocenters. The molecule has 0 aliphatic carbocycles. The molecule has 0 spiro atoms. The third kappa shape index (κ3) is 5.83. The van der Waals surface area contributed by atoms with Gasteiger partial charge in [0, 0.05) is 25.6 Å². The molecule has 1 aliphatic rings. The molecule has 2 amide bonds. The minimum Gasteiger partial charge on any atom is -0.481 e. The van der Waals surface area contributed by atoms with E-state index < -0.39 is 24.0 Å². The lowest BCUT2D eigenvalue weighted by molar-refractivity contribution is -0.141. The Hall–Kier alpha value is -1.34. The van der Waals surface area contributed by atoms with Gasteiger partial charge in [0.1, 0.15) is 0 Å². The number of amides is 2. The van der Waals surface area contributed by atoms with Crippen LogP contribution >= 0.6 is 0 Å². The number of rotatable bonds is 6. The van der Waals surface area contributed by atoms with Gasteiger partial charge in [0.2, 0.25) is 0 Å². The molecule has 1 fully saturated rings. The lowest BCUT2D eigenvalue weighted by Gasteiger charge is -2.21. The van der Waals surface area contributed by atoms with Gasteiger partial charge in [-0.1, -0.05) is 0 Å². The summed E-state index contributed by atoms with van der Waals surface area (Å²) in [6.45, 7) is 3.16. The van der Waals surface area contributed by atoms with Crippen molar-refractivity contribution >= 4 is 12.0 Å². The van der Waals surface area contributed by atoms with Crippen LogP contribution in [0.5, 0.6) is 0 Å². The number of hydrogen-bond donors (Lipinski definition) is 4. The van der Waals surface area contributed by atoms with Gasteiger partial charge in [-0.25, -0.2) is 4.79 Å². The number of aliphatic carboxylic acids is 1. The first-order chi connectivity index (χ1) is 8.39. The first-order valence-corrected chi connectivity index (χ1v) is 5.93. The van der Waals surface area contributed by atoms with Crippen LogP contribution in [0.4, 0.5) is 4.79 Å². The number of carboxylic acids is 1. The van der Waals surface area contributed by atoms with Gasteiger partial charge in [0.05, 0.1) is 18.6 Å². The molecule has 1 saturated heterocycles. The molecule has 1 rings (SSSR count). The van der Waals surface area contributed by atoms with Crippen LogP contribution in [0.3, 0.4) is 0 Å². The van der Waals surface area contributed by atoms with Gasteiger partial charge < -0.3 is 25.6 Å². The van der Waals surface area contributed by atoms with E-state index >= 15 is 0 Å². The molecule has 0 bridgehead atoms. The largest absolute Gasteiger partial charge is 0.481 e. The Morgan fingerprint density at radius 1 is 1.44 bits per heavy atom. The van der Waals surface area contributed by atoms with Gasteiger partial charge >= 0.3 is 12.0 Å². The van der Waals surface area contributed by atoms with E-state index in [2.05, 4.69) is 10.6 Å². The van der Waals surface area contributed by atoms with Crippen molar-refractivity contribution < 1.29 is 24.5 Å². The predicted octanol–water partition coefficient (Wildman–Crippen LogP) is -0.452. The van der Waals surface area contributed by atoms with E-state index in [0.717, 1.165) is 13.0 Å². The molecule has 0 saturated carbocycles. The van der Waals surface area contributed by atoms with Crippen LogP contribution in [-0.4, -0.2) is 54.1 Å². The third-order valence-electron chi connectivity index (χ3n) is 2.74. The molecular formula is C11H20N2O5. The molecule has 0 aromatic rings. The van der Waals surface area contributed by atoms with Gasteiger partial charge in [0.15, 0.2) is 0 Å².